The fourth-order valence-corrected chi connectivity index (χ4v) is 2.54. The van der Waals surface area contributed by atoms with Gasteiger partial charge < -0.3 is 5.32 Å². The van der Waals surface area contributed by atoms with E-state index in [2.05, 4.69) is 53.6 Å². The van der Waals surface area contributed by atoms with Gasteiger partial charge in [0, 0.05) is 26.2 Å². The zero-order chi connectivity index (χ0) is 16.8. The van der Waals surface area contributed by atoms with Crippen LogP contribution in [-0.4, -0.2) is 34.3 Å². The van der Waals surface area contributed by atoms with Crippen LogP contribution >= 0.6 is 11.6 Å². The Balaban J connectivity index is 1.84. The van der Waals surface area contributed by atoms with Gasteiger partial charge in [-0.3, -0.25) is 9.69 Å². The van der Waals surface area contributed by atoms with Gasteiger partial charge >= 0.3 is 0 Å². The van der Waals surface area contributed by atoms with Gasteiger partial charge in [0.15, 0.2) is 0 Å². The first-order valence-electron chi connectivity index (χ1n) is 7.69. The van der Waals surface area contributed by atoms with Crippen molar-refractivity contribution in [3.05, 3.63) is 57.5 Å². The Bertz CT molecular complexity index is 687. The normalized spacial score (nSPS) is 12.4. The lowest BCUT2D eigenvalue weighted by Gasteiger charge is -2.25. The molecule has 6 heteroatoms. The van der Waals surface area contributed by atoms with E-state index >= 15 is 0 Å². The van der Waals surface area contributed by atoms with Crippen LogP contribution in [0.2, 0.25) is 5.02 Å². The minimum Gasteiger partial charge on any atom is -0.382 e. The van der Waals surface area contributed by atoms with Gasteiger partial charge in [0.2, 0.25) is 0 Å². The molecule has 1 unspecified atom stereocenters. The largest absolute Gasteiger partial charge is 0.382 e. The number of aryl methyl sites for hydroxylation is 1. The second kappa shape index (κ2) is 8.13. The highest BCUT2D eigenvalue weighted by atomic mass is 35.5. The van der Waals surface area contributed by atoms with Gasteiger partial charge in [-0.25, -0.2) is 4.68 Å². The van der Waals surface area contributed by atoms with E-state index in [1.54, 1.807) is 13.2 Å². The zero-order valence-corrected chi connectivity index (χ0v) is 14.5. The molecule has 0 fully saturated rings. The van der Waals surface area contributed by atoms with Gasteiger partial charge in [-0.2, -0.15) is 5.10 Å². The Labute approximate surface area is 141 Å². The second-order valence-corrected chi connectivity index (χ2v) is 6.14. The SMILES string of the molecule is CC(CCNc1cnn(C)c(=O)c1Cl)N(C)Cc1ccccc1. The summed E-state index contributed by atoms with van der Waals surface area (Å²) in [4.78, 5) is 14.0. The predicted octanol–water partition coefficient (Wildman–Crippen LogP) is 2.76. The molecule has 2 aromatic rings. The van der Waals surface area contributed by atoms with Crippen molar-refractivity contribution in [3.8, 4) is 0 Å². The maximum Gasteiger partial charge on any atom is 0.287 e. The zero-order valence-electron chi connectivity index (χ0n) is 13.8. The maximum atomic E-state index is 11.7. The van der Waals surface area contributed by atoms with Gasteiger partial charge in [0.05, 0.1) is 11.9 Å². The van der Waals surface area contributed by atoms with Crippen molar-refractivity contribution in [2.24, 2.45) is 7.05 Å². The quantitative estimate of drug-likeness (QED) is 0.846. The first kappa shape index (κ1) is 17.5. The number of rotatable bonds is 7. The summed E-state index contributed by atoms with van der Waals surface area (Å²) in [7, 11) is 3.70. The van der Waals surface area contributed by atoms with Crippen molar-refractivity contribution >= 4 is 17.3 Å². The highest BCUT2D eigenvalue weighted by Gasteiger charge is 2.11. The summed E-state index contributed by atoms with van der Waals surface area (Å²) in [5, 5.41) is 7.36. The van der Waals surface area contributed by atoms with Crippen LogP contribution in [0.4, 0.5) is 5.69 Å². The highest BCUT2D eigenvalue weighted by Crippen LogP contribution is 2.15. The number of halogens is 1. The standard InChI is InChI=1S/C17H23ClN4O/c1-13(21(2)12-14-7-5-4-6-8-14)9-10-19-15-11-20-22(3)17(23)16(15)18/h4-8,11,13,19H,9-10,12H2,1-3H3. The number of aromatic nitrogens is 2. The number of benzene rings is 1. The topological polar surface area (TPSA) is 50.2 Å². The highest BCUT2D eigenvalue weighted by molar-refractivity contribution is 6.32. The van der Waals surface area contributed by atoms with E-state index in [0.717, 1.165) is 19.5 Å². The molecule has 0 saturated carbocycles. The molecule has 1 heterocycles. The Hall–Kier alpha value is -1.85. The summed E-state index contributed by atoms with van der Waals surface area (Å²) in [5.41, 5.74) is 1.60. The lowest BCUT2D eigenvalue weighted by Crippen LogP contribution is -2.30. The molecule has 1 N–H and O–H groups in total. The summed E-state index contributed by atoms with van der Waals surface area (Å²) >= 11 is 6.04. The molecule has 0 aliphatic heterocycles. The van der Waals surface area contributed by atoms with E-state index in [4.69, 9.17) is 11.6 Å². The average Bonchev–Trinajstić information content (AvgIpc) is 2.55. The molecule has 1 aromatic carbocycles. The molecular weight excluding hydrogens is 312 g/mol. The molecule has 0 radical (unpaired) electrons. The number of nitrogens with zero attached hydrogens (tertiary/aromatic N) is 3. The van der Waals surface area contributed by atoms with Crippen molar-refractivity contribution in [1.29, 1.82) is 0 Å². The number of hydrogen-bond acceptors (Lipinski definition) is 4. The molecule has 124 valence electrons. The van der Waals surface area contributed by atoms with E-state index in [-0.39, 0.29) is 10.6 Å². The van der Waals surface area contributed by atoms with Crippen LogP contribution in [0.3, 0.4) is 0 Å². The third kappa shape index (κ3) is 4.81. The molecule has 0 aliphatic carbocycles. The fourth-order valence-electron chi connectivity index (χ4n) is 2.30. The lowest BCUT2D eigenvalue weighted by atomic mass is 10.1. The molecule has 2 rings (SSSR count). The van der Waals surface area contributed by atoms with Crippen molar-refractivity contribution in [3.63, 3.8) is 0 Å². The molecular formula is C17H23ClN4O. The Kier molecular flexibility index (Phi) is 6.19. The summed E-state index contributed by atoms with van der Waals surface area (Å²) in [5.74, 6) is 0. The fraction of sp³-hybridized carbons (Fsp3) is 0.412. The van der Waals surface area contributed by atoms with Gasteiger partial charge in [-0.15, -0.1) is 0 Å². The van der Waals surface area contributed by atoms with E-state index in [0.29, 0.717) is 11.7 Å². The smallest absolute Gasteiger partial charge is 0.287 e. The van der Waals surface area contributed by atoms with Crippen molar-refractivity contribution in [1.82, 2.24) is 14.7 Å². The number of nitrogens with one attached hydrogen (secondary N) is 1. The maximum absolute atomic E-state index is 11.7. The van der Waals surface area contributed by atoms with Gasteiger partial charge in [0.1, 0.15) is 5.02 Å². The molecule has 1 aromatic heterocycles. The Morgan fingerprint density at radius 2 is 2.04 bits per heavy atom. The van der Waals surface area contributed by atoms with E-state index in [9.17, 15) is 4.79 Å². The molecule has 0 bridgehead atoms. The van der Waals surface area contributed by atoms with Crippen molar-refractivity contribution in [2.75, 3.05) is 18.9 Å². The van der Waals surface area contributed by atoms with E-state index in [1.807, 2.05) is 6.07 Å². The summed E-state index contributed by atoms with van der Waals surface area (Å²) < 4.78 is 1.23. The van der Waals surface area contributed by atoms with Crippen LogP contribution in [0, 0.1) is 0 Å². The minimum absolute atomic E-state index is 0.188. The van der Waals surface area contributed by atoms with Crippen LogP contribution in [-0.2, 0) is 13.6 Å². The van der Waals surface area contributed by atoms with Crippen LogP contribution in [0.15, 0.2) is 41.3 Å². The van der Waals surface area contributed by atoms with Gasteiger partial charge in [0.25, 0.3) is 5.56 Å². The first-order chi connectivity index (χ1) is 11.0. The molecule has 5 nitrogen and oxygen atoms in total. The second-order valence-electron chi connectivity index (χ2n) is 5.77. The summed E-state index contributed by atoms with van der Waals surface area (Å²) in [6.07, 6.45) is 2.52. The number of anilines is 1. The van der Waals surface area contributed by atoms with Gasteiger partial charge in [-0.1, -0.05) is 41.9 Å². The Morgan fingerprint density at radius 3 is 2.74 bits per heavy atom. The molecule has 0 amide bonds. The van der Waals surface area contributed by atoms with E-state index < -0.39 is 0 Å². The molecule has 23 heavy (non-hydrogen) atoms. The molecule has 0 saturated heterocycles. The van der Waals surface area contributed by atoms with Crippen LogP contribution in [0.25, 0.3) is 0 Å². The molecule has 0 spiro atoms. The first-order valence-corrected chi connectivity index (χ1v) is 8.06. The predicted molar refractivity (Wildman–Crippen MR) is 95.0 cm³/mol. The molecule has 1 atom stereocenters. The average molecular weight is 335 g/mol. The lowest BCUT2D eigenvalue weighted by molar-refractivity contribution is 0.242. The summed E-state index contributed by atoms with van der Waals surface area (Å²) in [6.45, 7) is 3.83. The van der Waals surface area contributed by atoms with E-state index in [1.165, 1.54) is 10.2 Å². The Morgan fingerprint density at radius 1 is 1.35 bits per heavy atom. The molecule has 0 aliphatic rings. The third-order valence-electron chi connectivity index (χ3n) is 3.98. The monoisotopic (exact) mass is 334 g/mol. The van der Waals surface area contributed by atoms with Crippen LogP contribution < -0.4 is 10.9 Å². The van der Waals surface area contributed by atoms with Crippen molar-refractivity contribution < 1.29 is 0 Å². The van der Waals surface area contributed by atoms with Gasteiger partial charge in [-0.05, 0) is 26.0 Å². The van der Waals surface area contributed by atoms with Crippen LogP contribution in [0.1, 0.15) is 18.9 Å². The third-order valence-corrected chi connectivity index (χ3v) is 4.35. The summed E-state index contributed by atoms with van der Waals surface area (Å²) in [6, 6.07) is 10.8. The van der Waals surface area contributed by atoms with Crippen molar-refractivity contribution in [2.45, 2.75) is 25.9 Å². The minimum atomic E-state index is -0.286. The number of hydrogen-bond donors (Lipinski definition) is 1. The van der Waals surface area contributed by atoms with Crippen LogP contribution in [0.5, 0.6) is 0 Å².